The van der Waals surface area contributed by atoms with Crippen molar-refractivity contribution < 1.29 is 28.7 Å². The summed E-state index contributed by atoms with van der Waals surface area (Å²) in [6.07, 6.45) is 0. The zero-order chi connectivity index (χ0) is 19.2. The molecule has 0 bridgehead atoms. The van der Waals surface area contributed by atoms with Crippen LogP contribution in [-0.4, -0.2) is 27.5 Å². The van der Waals surface area contributed by atoms with Gasteiger partial charge in [-0.1, -0.05) is 24.3 Å². The molecule has 0 saturated carbocycles. The van der Waals surface area contributed by atoms with E-state index in [2.05, 4.69) is 0 Å². The van der Waals surface area contributed by atoms with Gasteiger partial charge in [0.05, 0.1) is 22.0 Å². The molecule has 0 radical (unpaired) electrons. The van der Waals surface area contributed by atoms with E-state index < -0.39 is 25.3 Å². The summed E-state index contributed by atoms with van der Waals surface area (Å²) in [4.78, 5) is 50.2. The molecule has 0 aromatic heterocycles. The highest BCUT2D eigenvalue weighted by molar-refractivity contribution is 7.60. The van der Waals surface area contributed by atoms with Gasteiger partial charge in [0.1, 0.15) is 0 Å². The molecule has 0 unspecified atom stereocenters. The molecular formula is C15H16N3O6P. The molecule has 2 rings (SSSR count). The van der Waals surface area contributed by atoms with Crippen molar-refractivity contribution in [3.8, 4) is 0 Å². The Labute approximate surface area is 142 Å². The summed E-state index contributed by atoms with van der Waals surface area (Å²) in [6, 6.07) is 11.7. The van der Waals surface area contributed by atoms with Gasteiger partial charge >= 0.3 is 7.60 Å². The van der Waals surface area contributed by atoms with Crippen LogP contribution in [0.25, 0.3) is 0 Å². The van der Waals surface area contributed by atoms with Crippen molar-refractivity contribution in [3.63, 3.8) is 0 Å². The predicted octanol–water partition coefficient (Wildman–Crippen LogP) is -0.527. The number of rotatable bonds is 4. The molecule has 3 amide bonds. The van der Waals surface area contributed by atoms with Crippen molar-refractivity contribution in [1.29, 1.82) is 0 Å². The molecule has 0 heterocycles. The summed E-state index contributed by atoms with van der Waals surface area (Å²) in [5, 5.41) is 0.0648. The molecule has 0 atom stereocenters. The second-order valence-electron chi connectivity index (χ2n) is 4.70. The van der Waals surface area contributed by atoms with Crippen molar-refractivity contribution >= 4 is 30.6 Å². The minimum Gasteiger partial charge on any atom is -0.366 e. The van der Waals surface area contributed by atoms with Crippen molar-refractivity contribution in [2.75, 3.05) is 0 Å². The molecule has 10 heteroatoms. The third kappa shape index (κ3) is 5.54. The Morgan fingerprint density at radius 2 is 1.16 bits per heavy atom. The van der Waals surface area contributed by atoms with Gasteiger partial charge in [-0.05, 0) is 24.3 Å². The lowest BCUT2D eigenvalue weighted by molar-refractivity contribution is 0.0954. The number of amides is 3. The van der Waals surface area contributed by atoms with Crippen LogP contribution in [0.3, 0.4) is 0 Å². The van der Waals surface area contributed by atoms with E-state index in [0.29, 0.717) is 0 Å². The topological polar surface area (TPSA) is 187 Å². The van der Waals surface area contributed by atoms with Crippen LogP contribution in [0.1, 0.15) is 31.1 Å². The fourth-order valence-electron chi connectivity index (χ4n) is 1.85. The van der Waals surface area contributed by atoms with Crippen molar-refractivity contribution in [2.45, 2.75) is 0 Å². The third-order valence-electron chi connectivity index (χ3n) is 2.93. The van der Waals surface area contributed by atoms with Gasteiger partial charge in [-0.3, -0.25) is 18.9 Å². The van der Waals surface area contributed by atoms with Gasteiger partial charge in [-0.2, -0.15) is 0 Å². The molecule has 0 aliphatic carbocycles. The van der Waals surface area contributed by atoms with E-state index in [1.54, 1.807) is 18.2 Å². The summed E-state index contributed by atoms with van der Waals surface area (Å²) < 4.78 is 10.5. The summed E-state index contributed by atoms with van der Waals surface area (Å²) in [7, 11) is -4.02. The molecule has 0 fully saturated rings. The van der Waals surface area contributed by atoms with Crippen LogP contribution in [0, 0.1) is 0 Å². The standard InChI is InChI=1S/C9H9N3O3.C6H7O3P/c10-7(13)4-2-1-3-5(8(11)14)6(4)9(12)15;7-10(8,9)6-4-2-1-3-5-6/h1-3H,(H2,10,13)(H2,11,14)(H2,12,15);1-5H,(H2,7,8,9). The average molecular weight is 365 g/mol. The lowest BCUT2D eigenvalue weighted by atomic mass is 9.99. The Morgan fingerprint density at radius 1 is 0.720 bits per heavy atom. The minimum absolute atomic E-state index is 0.0648. The van der Waals surface area contributed by atoms with Crippen LogP contribution in [0.2, 0.25) is 0 Å². The van der Waals surface area contributed by atoms with E-state index in [4.69, 9.17) is 27.0 Å². The zero-order valence-corrected chi connectivity index (χ0v) is 13.7. The Bertz CT molecular complexity index is 815. The van der Waals surface area contributed by atoms with E-state index in [1.165, 1.54) is 30.3 Å². The van der Waals surface area contributed by atoms with Gasteiger partial charge in [0.2, 0.25) is 17.7 Å². The first kappa shape index (κ1) is 20.0. The number of hydrogen-bond acceptors (Lipinski definition) is 4. The molecule has 132 valence electrons. The van der Waals surface area contributed by atoms with E-state index in [9.17, 15) is 18.9 Å². The van der Waals surface area contributed by atoms with Crippen molar-refractivity contribution in [3.05, 3.63) is 65.2 Å². The van der Waals surface area contributed by atoms with E-state index >= 15 is 0 Å². The van der Waals surface area contributed by atoms with Crippen molar-refractivity contribution in [1.82, 2.24) is 0 Å². The number of benzene rings is 2. The normalized spacial score (nSPS) is 10.3. The van der Waals surface area contributed by atoms with Crippen LogP contribution >= 0.6 is 7.60 Å². The Kier molecular flexibility index (Phi) is 6.58. The van der Waals surface area contributed by atoms with Gasteiger partial charge in [-0.25, -0.2) is 0 Å². The number of primary amides is 3. The molecule has 2 aromatic rings. The lowest BCUT2D eigenvalue weighted by Crippen LogP contribution is -2.25. The predicted molar refractivity (Wildman–Crippen MR) is 90.1 cm³/mol. The molecule has 0 aliphatic rings. The van der Waals surface area contributed by atoms with Crippen LogP contribution in [0.5, 0.6) is 0 Å². The summed E-state index contributed by atoms with van der Waals surface area (Å²) in [5.41, 5.74) is 14.6. The Hall–Kier alpha value is -3.00. The first-order chi connectivity index (χ1) is 11.6. The maximum atomic E-state index is 11.1. The molecular weight excluding hydrogens is 349 g/mol. The molecule has 8 N–H and O–H groups in total. The highest BCUT2D eigenvalue weighted by Gasteiger charge is 2.19. The molecule has 9 nitrogen and oxygen atoms in total. The monoisotopic (exact) mass is 365 g/mol. The number of carbonyl (C=O) groups excluding carboxylic acids is 3. The molecule has 0 aliphatic heterocycles. The largest absolute Gasteiger partial charge is 0.366 e. The minimum atomic E-state index is -4.02. The fourth-order valence-corrected chi connectivity index (χ4v) is 2.41. The Morgan fingerprint density at radius 3 is 1.44 bits per heavy atom. The van der Waals surface area contributed by atoms with E-state index in [1.807, 2.05) is 0 Å². The average Bonchev–Trinajstić information content (AvgIpc) is 2.54. The molecule has 25 heavy (non-hydrogen) atoms. The SMILES string of the molecule is NC(=O)c1cccc(C(N)=O)c1C(N)=O.O=P(O)(O)c1ccccc1. The van der Waals surface area contributed by atoms with Crippen LogP contribution in [0.15, 0.2) is 48.5 Å². The zero-order valence-electron chi connectivity index (χ0n) is 12.8. The summed E-state index contributed by atoms with van der Waals surface area (Å²) in [6.45, 7) is 0. The Balaban J connectivity index is 0.000000271. The third-order valence-corrected chi connectivity index (χ3v) is 3.91. The van der Waals surface area contributed by atoms with E-state index in [-0.39, 0.29) is 22.0 Å². The van der Waals surface area contributed by atoms with Gasteiger partial charge in [0, 0.05) is 0 Å². The molecule has 0 spiro atoms. The summed E-state index contributed by atoms with van der Waals surface area (Å²) in [5.74, 6) is -2.60. The van der Waals surface area contributed by atoms with Crippen LogP contribution in [-0.2, 0) is 4.57 Å². The lowest BCUT2D eigenvalue weighted by Gasteiger charge is -2.06. The highest BCUT2D eigenvalue weighted by atomic mass is 31.2. The fraction of sp³-hybridized carbons (Fsp3) is 0. The number of nitrogens with two attached hydrogens (primary N) is 3. The van der Waals surface area contributed by atoms with Gasteiger partial charge in [-0.15, -0.1) is 0 Å². The number of carbonyl (C=O) groups is 3. The number of hydrogen-bond donors (Lipinski definition) is 5. The maximum absolute atomic E-state index is 11.1. The van der Waals surface area contributed by atoms with Gasteiger partial charge < -0.3 is 27.0 Å². The first-order valence-corrected chi connectivity index (χ1v) is 8.30. The second kappa shape index (κ2) is 8.20. The first-order valence-electron chi connectivity index (χ1n) is 6.69. The van der Waals surface area contributed by atoms with Gasteiger partial charge in [0.15, 0.2) is 0 Å². The van der Waals surface area contributed by atoms with Crippen LogP contribution in [0.4, 0.5) is 0 Å². The van der Waals surface area contributed by atoms with Gasteiger partial charge in [0.25, 0.3) is 0 Å². The van der Waals surface area contributed by atoms with E-state index in [0.717, 1.165) is 0 Å². The quantitative estimate of drug-likeness (QED) is 0.453. The second-order valence-corrected chi connectivity index (χ2v) is 6.30. The highest BCUT2D eigenvalue weighted by Crippen LogP contribution is 2.32. The molecule has 2 aromatic carbocycles. The van der Waals surface area contributed by atoms with Crippen LogP contribution < -0.4 is 22.5 Å². The van der Waals surface area contributed by atoms with Crippen molar-refractivity contribution in [2.24, 2.45) is 17.2 Å². The molecule has 0 saturated heterocycles. The smallest absolute Gasteiger partial charge is 0.356 e. The summed E-state index contributed by atoms with van der Waals surface area (Å²) >= 11 is 0. The maximum Gasteiger partial charge on any atom is 0.356 e.